The maximum Gasteiger partial charge on any atom is 0.345 e. The number of esters is 2. The number of benzene rings is 1. The second-order valence-corrected chi connectivity index (χ2v) is 7.14. The highest BCUT2D eigenvalue weighted by molar-refractivity contribution is 6.18. The minimum Gasteiger partial charge on any atom is -0.465 e. The van der Waals surface area contributed by atoms with Gasteiger partial charge in [0.2, 0.25) is 0 Å². The largest absolute Gasteiger partial charge is 0.465 e. The summed E-state index contributed by atoms with van der Waals surface area (Å²) >= 11 is 0. The van der Waals surface area contributed by atoms with Gasteiger partial charge in [-0.1, -0.05) is 37.5 Å². The summed E-state index contributed by atoms with van der Waals surface area (Å²) < 4.78 is 9.48. The Hall–Kier alpha value is -2.30. The number of hydrogen-bond acceptors (Lipinski definition) is 5. The number of methoxy groups -OCH3 is 2. The van der Waals surface area contributed by atoms with Crippen molar-refractivity contribution in [3.63, 3.8) is 0 Å². The van der Waals surface area contributed by atoms with Crippen molar-refractivity contribution in [2.45, 2.75) is 32.1 Å². The third-order valence-corrected chi connectivity index (χ3v) is 5.68. The Kier molecular flexibility index (Phi) is 5.96. The van der Waals surface area contributed by atoms with E-state index in [0.717, 1.165) is 36.2 Å². The van der Waals surface area contributed by atoms with E-state index in [4.69, 9.17) is 9.47 Å². The van der Waals surface area contributed by atoms with Gasteiger partial charge in [0.15, 0.2) is 0 Å². The van der Waals surface area contributed by atoms with Crippen molar-refractivity contribution in [1.82, 2.24) is 0 Å². The summed E-state index contributed by atoms with van der Waals surface area (Å²) in [6.45, 7) is 2.05. The van der Waals surface area contributed by atoms with Gasteiger partial charge in [-0.2, -0.15) is 0 Å². The zero-order valence-corrected chi connectivity index (χ0v) is 15.6. The molecule has 1 aromatic rings. The van der Waals surface area contributed by atoms with E-state index in [9.17, 15) is 9.59 Å². The van der Waals surface area contributed by atoms with Crippen molar-refractivity contribution in [3.05, 3.63) is 35.4 Å². The van der Waals surface area contributed by atoms with Gasteiger partial charge in [-0.05, 0) is 42.4 Å². The third-order valence-electron chi connectivity index (χ3n) is 5.68. The van der Waals surface area contributed by atoms with Crippen LogP contribution in [0.25, 0.3) is 6.08 Å². The van der Waals surface area contributed by atoms with Crippen LogP contribution >= 0.6 is 0 Å². The fourth-order valence-electron chi connectivity index (χ4n) is 4.29. The molecule has 1 aliphatic carbocycles. The molecular formula is C21H27NO4. The van der Waals surface area contributed by atoms with Gasteiger partial charge in [-0.3, -0.25) is 0 Å². The Labute approximate surface area is 155 Å². The van der Waals surface area contributed by atoms with Crippen LogP contribution in [-0.4, -0.2) is 39.2 Å². The lowest BCUT2D eigenvalue weighted by Gasteiger charge is -2.42. The summed E-state index contributed by atoms with van der Waals surface area (Å²) in [4.78, 5) is 26.4. The zero-order valence-electron chi connectivity index (χ0n) is 15.6. The number of ether oxygens (including phenoxy) is 2. The van der Waals surface area contributed by atoms with Crippen molar-refractivity contribution >= 4 is 23.7 Å². The molecule has 1 saturated carbocycles. The van der Waals surface area contributed by atoms with Crippen molar-refractivity contribution < 1.29 is 19.1 Å². The van der Waals surface area contributed by atoms with Gasteiger partial charge in [0, 0.05) is 18.8 Å². The van der Waals surface area contributed by atoms with Gasteiger partial charge in [-0.15, -0.1) is 0 Å². The number of anilines is 1. The van der Waals surface area contributed by atoms with Crippen LogP contribution in [0.3, 0.4) is 0 Å². The van der Waals surface area contributed by atoms with Gasteiger partial charge in [-0.25, -0.2) is 9.59 Å². The van der Waals surface area contributed by atoms with Crippen molar-refractivity contribution in [3.8, 4) is 0 Å². The predicted molar refractivity (Wildman–Crippen MR) is 101 cm³/mol. The summed E-state index contributed by atoms with van der Waals surface area (Å²) in [6, 6.07) is 7.89. The molecule has 0 unspecified atom stereocenters. The molecule has 26 heavy (non-hydrogen) atoms. The number of rotatable bonds is 4. The standard InChI is InChI=1S/C21H27NO4/c1-25-20(23)18(21(24)26-2)13-16-8-5-6-10-19(16)22-12-11-15-7-3-4-9-17(15)14-22/h5-6,8,10,13,15,17H,3-4,7,9,11-12,14H2,1-2H3/t15-,17+/m0/s1. The van der Waals surface area contributed by atoms with Crippen LogP contribution in [0.15, 0.2) is 29.8 Å². The molecule has 2 aliphatic rings. The summed E-state index contributed by atoms with van der Waals surface area (Å²) in [5, 5.41) is 0. The van der Waals surface area contributed by atoms with Crippen molar-refractivity contribution in [2.75, 3.05) is 32.2 Å². The highest BCUT2D eigenvalue weighted by atomic mass is 16.5. The number of hydrogen-bond donors (Lipinski definition) is 0. The average molecular weight is 357 g/mol. The van der Waals surface area contributed by atoms with E-state index < -0.39 is 11.9 Å². The fraction of sp³-hybridized carbons (Fsp3) is 0.524. The van der Waals surface area contributed by atoms with Crippen LogP contribution in [0.4, 0.5) is 5.69 Å². The highest BCUT2D eigenvalue weighted by Crippen LogP contribution is 2.38. The van der Waals surface area contributed by atoms with E-state index in [1.165, 1.54) is 46.3 Å². The molecule has 0 aromatic heterocycles. The van der Waals surface area contributed by atoms with Crippen LogP contribution in [0.1, 0.15) is 37.7 Å². The van der Waals surface area contributed by atoms with Crippen LogP contribution in [-0.2, 0) is 19.1 Å². The topological polar surface area (TPSA) is 55.8 Å². The SMILES string of the molecule is COC(=O)C(=Cc1ccccc1N1CC[C@@H]2CCCC[C@@H]2C1)C(=O)OC. The summed E-state index contributed by atoms with van der Waals surface area (Å²) in [5.74, 6) is 0.230. The van der Waals surface area contributed by atoms with Gasteiger partial charge < -0.3 is 14.4 Å². The van der Waals surface area contributed by atoms with E-state index in [-0.39, 0.29) is 5.57 Å². The molecule has 0 N–H and O–H groups in total. The minimum atomic E-state index is -0.683. The zero-order chi connectivity index (χ0) is 18.5. The molecule has 1 aromatic carbocycles. The first-order valence-electron chi connectivity index (χ1n) is 9.36. The van der Waals surface area contributed by atoms with Crippen LogP contribution < -0.4 is 4.90 Å². The average Bonchev–Trinajstić information content (AvgIpc) is 2.70. The number of piperidine rings is 1. The molecule has 3 rings (SSSR count). The minimum absolute atomic E-state index is 0.0880. The first kappa shape index (κ1) is 18.5. The van der Waals surface area contributed by atoms with Crippen LogP contribution in [0, 0.1) is 11.8 Å². The molecular weight excluding hydrogens is 330 g/mol. The Morgan fingerprint density at radius 1 is 1.00 bits per heavy atom. The summed E-state index contributed by atoms with van der Waals surface area (Å²) in [6.07, 6.45) is 8.14. The highest BCUT2D eigenvalue weighted by Gasteiger charge is 2.31. The Bertz CT molecular complexity index is 679. The molecule has 1 heterocycles. The lowest BCUT2D eigenvalue weighted by Crippen LogP contribution is -2.42. The van der Waals surface area contributed by atoms with Gasteiger partial charge in [0.05, 0.1) is 14.2 Å². The van der Waals surface area contributed by atoms with E-state index in [1.54, 1.807) is 6.08 Å². The fourth-order valence-corrected chi connectivity index (χ4v) is 4.29. The quantitative estimate of drug-likeness (QED) is 0.358. The first-order valence-corrected chi connectivity index (χ1v) is 9.36. The summed E-state index contributed by atoms with van der Waals surface area (Å²) in [7, 11) is 2.53. The number of nitrogens with zero attached hydrogens (tertiary/aromatic N) is 1. The number of para-hydroxylation sites is 1. The van der Waals surface area contributed by atoms with Crippen LogP contribution in [0.2, 0.25) is 0 Å². The van der Waals surface area contributed by atoms with Gasteiger partial charge in [0.25, 0.3) is 0 Å². The number of carbonyl (C=O) groups excluding carboxylic acids is 2. The maximum absolute atomic E-state index is 12.0. The van der Waals surface area contributed by atoms with E-state index in [0.29, 0.717) is 0 Å². The molecule has 2 atom stereocenters. The normalized spacial score (nSPS) is 22.2. The number of carbonyl (C=O) groups is 2. The molecule has 1 saturated heterocycles. The monoisotopic (exact) mass is 357 g/mol. The molecule has 1 aliphatic heterocycles. The van der Waals surface area contributed by atoms with E-state index in [2.05, 4.69) is 11.0 Å². The van der Waals surface area contributed by atoms with Crippen LogP contribution in [0.5, 0.6) is 0 Å². The number of fused-ring (bicyclic) bond motifs is 1. The Balaban J connectivity index is 1.89. The molecule has 140 valence electrons. The molecule has 5 nitrogen and oxygen atoms in total. The van der Waals surface area contributed by atoms with Gasteiger partial charge >= 0.3 is 11.9 Å². The molecule has 0 spiro atoms. The Morgan fingerprint density at radius 3 is 2.35 bits per heavy atom. The van der Waals surface area contributed by atoms with Gasteiger partial charge in [0.1, 0.15) is 5.57 Å². The molecule has 0 amide bonds. The summed E-state index contributed by atoms with van der Waals surface area (Å²) in [5.41, 5.74) is 1.81. The third kappa shape index (κ3) is 3.92. The predicted octanol–water partition coefficient (Wildman–Crippen LogP) is 3.43. The molecule has 0 radical (unpaired) electrons. The molecule has 5 heteroatoms. The smallest absolute Gasteiger partial charge is 0.345 e. The second kappa shape index (κ2) is 8.39. The van der Waals surface area contributed by atoms with E-state index >= 15 is 0 Å². The lowest BCUT2D eigenvalue weighted by molar-refractivity contribution is -0.143. The van der Waals surface area contributed by atoms with E-state index in [1.807, 2.05) is 18.2 Å². The van der Waals surface area contributed by atoms with Crippen molar-refractivity contribution in [2.24, 2.45) is 11.8 Å². The maximum atomic E-state index is 12.0. The first-order chi connectivity index (χ1) is 12.6. The Morgan fingerprint density at radius 2 is 1.65 bits per heavy atom. The van der Waals surface area contributed by atoms with Crippen molar-refractivity contribution in [1.29, 1.82) is 0 Å². The molecule has 0 bridgehead atoms. The lowest BCUT2D eigenvalue weighted by atomic mass is 9.75. The second-order valence-electron chi connectivity index (χ2n) is 7.14. The molecule has 2 fully saturated rings.